The van der Waals surface area contributed by atoms with E-state index in [-0.39, 0.29) is 0 Å². The second-order valence-electron chi connectivity index (χ2n) is 5.82. The summed E-state index contributed by atoms with van der Waals surface area (Å²) in [6.07, 6.45) is 7.52. The number of halogens is 2. The van der Waals surface area contributed by atoms with Gasteiger partial charge in [-0.05, 0) is 53.4 Å². The lowest BCUT2D eigenvalue weighted by Crippen LogP contribution is -2.28. The van der Waals surface area contributed by atoms with Gasteiger partial charge in [-0.1, -0.05) is 34.9 Å². The third-order valence-electron chi connectivity index (χ3n) is 3.08. The summed E-state index contributed by atoms with van der Waals surface area (Å²) in [5.74, 6) is -3.07. The van der Waals surface area contributed by atoms with Gasteiger partial charge in [0.05, 0.1) is 0 Å². The summed E-state index contributed by atoms with van der Waals surface area (Å²) in [7, 11) is 0. The Balaban J connectivity index is 4.16. The monoisotopic (exact) mass is 286 g/mol. The Hall–Kier alpha value is -0.960. The molecule has 0 aromatic rings. The average Bonchev–Trinajstić information content (AvgIpc) is 2.26. The van der Waals surface area contributed by atoms with Gasteiger partial charge in [0.2, 0.25) is 0 Å². The molecule has 0 spiro atoms. The van der Waals surface area contributed by atoms with Gasteiger partial charge in [-0.3, -0.25) is 0 Å². The van der Waals surface area contributed by atoms with Crippen molar-refractivity contribution in [1.29, 1.82) is 0 Å². The van der Waals surface area contributed by atoms with Gasteiger partial charge < -0.3 is 5.11 Å². The Kier molecular flexibility index (Phi) is 8.63. The van der Waals surface area contributed by atoms with E-state index in [1.165, 1.54) is 17.2 Å². The van der Waals surface area contributed by atoms with Gasteiger partial charge in [-0.15, -0.1) is 0 Å². The second-order valence-corrected chi connectivity index (χ2v) is 5.82. The van der Waals surface area contributed by atoms with E-state index in [4.69, 9.17) is 0 Å². The van der Waals surface area contributed by atoms with Crippen LogP contribution in [0.4, 0.5) is 8.78 Å². The minimum absolute atomic E-state index is 0.702. The Bertz CT molecular complexity index is 369. The SMILES string of the molecule is CC(C)=CCC/C(C)=C/CC/C(C)=C/C(O)C(C)(F)F. The molecule has 0 aliphatic carbocycles. The van der Waals surface area contributed by atoms with Gasteiger partial charge in [0.25, 0.3) is 5.92 Å². The van der Waals surface area contributed by atoms with E-state index in [2.05, 4.69) is 32.9 Å². The Labute approximate surface area is 122 Å². The van der Waals surface area contributed by atoms with Gasteiger partial charge in [0.15, 0.2) is 0 Å². The maximum Gasteiger partial charge on any atom is 0.274 e. The molecular formula is C17H28F2O. The molecule has 1 N–H and O–H groups in total. The zero-order chi connectivity index (χ0) is 15.8. The highest BCUT2D eigenvalue weighted by atomic mass is 19.3. The first-order valence-corrected chi connectivity index (χ1v) is 7.15. The lowest BCUT2D eigenvalue weighted by molar-refractivity contribution is -0.0705. The van der Waals surface area contributed by atoms with Crippen LogP contribution >= 0.6 is 0 Å². The van der Waals surface area contributed by atoms with E-state index in [1.54, 1.807) is 6.92 Å². The molecule has 3 heteroatoms. The minimum atomic E-state index is -3.07. The summed E-state index contributed by atoms with van der Waals surface area (Å²) in [6, 6.07) is 0. The summed E-state index contributed by atoms with van der Waals surface area (Å²) in [5.41, 5.74) is 3.44. The molecule has 0 aliphatic heterocycles. The van der Waals surface area contributed by atoms with E-state index >= 15 is 0 Å². The van der Waals surface area contributed by atoms with Gasteiger partial charge in [0.1, 0.15) is 6.10 Å². The first-order chi connectivity index (χ1) is 9.12. The summed E-state index contributed by atoms with van der Waals surface area (Å²) in [4.78, 5) is 0. The fraction of sp³-hybridized carbons (Fsp3) is 0.647. The first-order valence-electron chi connectivity index (χ1n) is 7.15. The predicted octanol–water partition coefficient (Wildman–Crippen LogP) is 5.42. The van der Waals surface area contributed by atoms with Crippen LogP contribution in [0.5, 0.6) is 0 Å². The number of aliphatic hydroxyl groups excluding tert-OH is 1. The molecule has 0 saturated carbocycles. The molecule has 0 bridgehead atoms. The van der Waals surface area contributed by atoms with E-state index in [1.807, 2.05) is 0 Å². The topological polar surface area (TPSA) is 20.2 Å². The van der Waals surface area contributed by atoms with Crippen molar-refractivity contribution in [1.82, 2.24) is 0 Å². The predicted molar refractivity (Wildman–Crippen MR) is 82.0 cm³/mol. The smallest absolute Gasteiger partial charge is 0.274 e. The lowest BCUT2D eigenvalue weighted by atomic mass is 10.0. The van der Waals surface area contributed by atoms with E-state index in [9.17, 15) is 13.9 Å². The molecule has 0 saturated heterocycles. The number of hydrogen-bond acceptors (Lipinski definition) is 1. The number of alkyl halides is 2. The maximum atomic E-state index is 12.8. The van der Waals surface area contributed by atoms with Crippen molar-refractivity contribution in [3.8, 4) is 0 Å². The largest absolute Gasteiger partial charge is 0.383 e. The van der Waals surface area contributed by atoms with Crippen LogP contribution in [-0.2, 0) is 0 Å². The number of rotatable bonds is 8. The van der Waals surface area contributed by atoms with Crippen molar-refractivity contribution in [2.75, 3.05) is 0 Å². The highest BCUT2D eigenvalue weighted by Gasteiger charge is 2.30. The molecule has 0 aromatic heterocycles. The van der Waals surface area contributed by atoms with Crippen molar-refractivity contribution >= 4 is 0 Å². The van der Waals surface area contributed by atoms with Gasteiger partial charge in [0, 0.05) is 6.92 Å². The Morgan fingerprint density at radius 3 is 2.00 bits per heavy atom. The highest BCUT2D eigenvalue weighted by molar-refractivity contribution is 5.08. The quantitative estimate of drug-likeness (QED) is 0.590. The van der Waals surface area contributed by atoms with Crippen molar-refractivity contribution in [3.63, 3.8) is 0 Å². The fourth-order valence-corrected chi connectivity index (χ4v) is 1.74. The zero-order valence-electron chi connectivity index (χ0n) is 13.3. The van der Waals surface area contributed by atoms with Crippen LogP contribution < -0.4 is 0 Å². The standard InChI is InChI=1S/C17H28F2O/c1-13(2)8-6-9-14(3)10-7-11-15(4)12-16(20)17(5,18)19/h8,10,12,16,20H,6-7,9,11H2,1-5H3/b14-10+,15-12+. The third kappa shape index (κ3) is 9.90. The Morgan fingerprint density at radius 1 is 1.00 bits per heavy atom. The van der Waals surface area contributed by atoms with Crippen LogP contribution in [0.1, 0.15) is 60.3 Å². The molecule has 0 aromatic carbocycles. The molecule has 0 amide bonds. The molecule has 0 radical (unpaired) electrons. The summed E-state index contributed by atoms with van der Waals surface area (Å²) in [6.45, 7) is 8.77. The van der Waals surface area contributed by atoms with E-state index in [0.29, 0.717) is 6.42 Å². The van der Waals surface area contributed by atoms with Crippen molar-refractivity contribution in [2.45, 2.75) is 72.3 Å². The van der Waals surface area contributed by atoms with Gasteiger partial charge in [-0.25, -0.2) is 8.78 Å². The number of hydrogen-bond donors (Lipinski definition) is 1. The molecule has 0 heterocycles. The van der Waals surface area contributed by atoms with Crippen molar-refractivity contribution in [2.24, 2.45) is 0 Å². The third-order valence-corrected chi connectivity index (χ3v) is 3.08. The number of allylic oxidation sites excluding steroid dienone is 5. The lowest BCUT2D eigenvalue weighted by Gasteiger charge is -2.15. The normalized spacial score (nSPS) is 15.2. The molecule has 0 aliphatic rings. The summed E-state index contributed by atoms with van der Waals surface area (Å²) >= 11 is 0. The summed E-state index contributed by atoms with van der Waals surface area (Å²) < 4.78 is 25.6. The molecule has 20 heavy (non-hydrogen) atoms. The van der Waals surface area contributed by atoms with Crippen LogP contribution in [0.25, 0.3) is 0 Å². The fourth-order valence-electron chi connectivity index (χ4n) is 1.74. The average molecular weight is 286 g/mol. The molecule has 1 nitrogen and oxygen atoms in total. The molecule has 0 fully saturated rings. The minimum Gasteiger partial charge on any atom is -0.383 e. The maximum absolute atomic E-state index is 12.8. The Morgan fingerprint density at radius 2 is 1.50 bits per heavy atom. The van der Waals surface area contributed by atoms with Crippen LogP contribution in [0, 0.1) is 0 Å². The van der Waals surface area contributed by atoms with Gasteiger partial charge >= 0.3 is 0 Å². The highest BCUT2D eigenvalue weighted by Crippen LogP contribution is 2.20. The first kappa shape index (κ1) is 19.0. The zero-order valence-corrected chi connectivity index (χ0v) is 13.3. The van der Waals surface area contributed by atoms with E-state index < -0.39 is 12.0 Å². The number of aliphatic hydroxyl groups is 1. The van der Waals surface area contributed by atoms with Crippen molar-refractivity contribution < 1.29 is 13.9 Å². The molecule has 1 atom stereocenters. The molecule has 0 rings (SSSR count). The van der Waals surface area contributed by atoms with E-state index in [0.717, 1.165) is 31.8 Å². The van der Waals surface area contributed by atoms with Crippen molar-refractivity contribution in [3.05, 3.63) is 34.9 Å². The van der Waals surface area contributed by atoms with Crippen LogP contribution in [0.3, 0.4) is 0 Å². The molecular weight excluding hydrogens is 258 g/mol. The van der Waals surface area contributed by atoms with Crippen LogP contribution in [0.2, 0.25) is 0 Å². The second kappa shape index (κ2) is 9.06. The van der Waals surface area contributed by atoms with Crippen LogP contribution in [-0.4, -0.2) is 17.1 Å². The summed E-state index contributed by atoms with van der Waals surface area (Å²) in [5, 5.41) is 9.28. The molecule has 1 unspecified atom stereocenters. The molecule has 116 valence electrons. The van der Waals surface area contributed by atoms with Gasteiger partial charge in [-0.2, -0.15) is 0 Å². The van der Waals surface area contributed by atoms with Crippen LogP contribution in [0.15, 0.2) is 34.9 Å².